The Morgan fingerprint density at radius 1 is 1.43 bits per heavy atom. The van der Waals surface area contributed by atoms with Crippen LogP contribution in [0.3, 0.4) is 0 Å². The first-order chi connectivity index (χ1) is 14.4. The van der Waals surface area contributed by atoms with Gasteiger partial charge in [-0.15, -0.1) is 11.3 Å². The van der Waals surface area contributed by atoms with Crippen LogP contribution in [-0.4, -0.2) is 76.0 Å². The van der Waals surface area contributed by atoms with E-state index in [0.717, 1.165) is 36.2 Å². The van der Waals surface area contributed by atoms with Crippen LogP contribution in [-0.2, 0) is 27.9 Å². The molecule has 1 aliphatic heterocycles. The Labute approximate surface area is 180 Å². The van der Waals surface area contributed by atoms with E-state index >= 15 is 0 Å². The van der Waals surface area contributed by atoms with Gasteiger partial charge in [0.25, 0.3) is 6.47 Å². The summed E-state index contributed by atoms with van der Waals surface area (Å²) in [5.74, 6) is 0.734. The molecule has 0 unspecified atom stereocenters. The fourth-order valence-electron chi connectivity index (χ4n) is 3.37. The Bertz CT molecular complexity index is 801. The number of rotatable bonds is 8. The zero-order chi connectivity index (χ0) is 22.0. The minimum absolute atomic E-state index is 0.00866. The van der Waals surface area contributed by atoms with E-state index in [-0.39, 0.29) is 12.4 Å². The van der Waals surface area contributed by atoms with E-state index in [2.05, 4.69) is 31.0 Å². The maximum Gasteiger partial charge on any atom is 0.290 e. The second-order valence-electron chi connectivity index (χ2n) is 7.07. The van der Waals surface area contributed by atoms with Gasteiger partial charge < -0.3 is 20.5 Å². The van der Waals surface area contributed by atoms with Gasteiger partial charge in [-0.05, 0) is 19.8 Å². The lowest BCUT2D eigenvalue weighted by atomic mass is 9.86. The van der Waals surface area contributed by atoms with Gasteiger partial charge in [0.15, 0.2) is 0 Å². The van der Waals surface area contributed by atoms with Gasteiger partial charge in [-0.2, -0.15) is 5.10 Å². The Morgan fingerprint density at radius 2 is 2.13 bits per heavy atom. The number of nitrogens with one attached hydrogen (secondary N) is 2. The van der Waals surface area contributed by atoms with E-state index in [0.29, 0.717) is 26.0 Å². The quantitative estimate of drug-likeness (QED) is 0.414. The first-order valence-electron chi connectivity index (χ1n) is 9.68. The van der Waals surface area contributed by atoms with E-state index in [4.69, 9.17) is 14.6 Å². The van der Waals surface area contributed by atoms with Gasteiger partial charge in [-0.3, -0.25) is 19.2 Å². The zero-order valence-corrected chi connectivity index (χ0v) is 18.4. The van der Waals surface area contributed by atoms with Gasteiger partial charge in [0.2, 0.25) is 5.91 Å². The summed E-state index contributed by atoms with van der Waals surface area (Å²) in [6.07, 6.45) is 3.30. The highest BCUT2D eigenvalue weighted by molar-refractivity contribution is 7.09. The molecule has 3 rings (SSSR count). The van der Waals surface area contributed by atoms with Crippen molar-refractivity contribution in [1.29, 1.82) is 0 Å². The number of hydrogen-bond donors (Lipinski definition) is 3. The van der Waals surface area contributed by atoms with Crippen LogP contribution in [0.2, 0.25) is 0 Å². The molecule has 11 heteroatoms. The number of carboxylic acid groups (broad SMARTS) is 1. The van der Waals surface area contributed by atoms with Gasteiger partial charge in [-0.25, -0.2) is 4.98 Å². The molecule has 0 aliphatic carbocycles. The standard InChI is InChI=1S/C18H28N6O2S.CH2O2/c1-14-20-15(13-27-14)12-24-9-5-18(6-10-24,17(25)19-7-11-26-3)21-16-4-8-23(2)22-16;2-1-3/h4,8,13H,5-7,9-12H2,1-3H3,(H,19,25)(H,21,22);1H,(H,2,3). The van der Waals surface area contributed by atoms with Crippen LogP contribution in [0.15, 0.2) is 17.6 Å². The van der Waals surface area contributed by atoms with Crippen LogP contribution in [0.5, 0.6) is 0 Å². The average Bonchev–Trinajstić information content (AvgIpc) is 3.31. The third kappa shape index (κ3) is 6.78. The van der Waals surface area contributed by atoms with Crippen molar-refractivity contribution in [3.63, 3.8) is 0 Å². The predicted octanol–water partition coefficient (Wildman–Crippen LogP) is 1.10. The predicted molar refractivity (Wildman–Crippen MR) is 115 cm³/mol. The van der Waals surface area contributed by atoms with E-state index in [9.17, 15) is 4.79 Å². The number of aromatic nitrogens is 3. The van der Waals surface area contributed by atoms with E-state index < -0.39 is 5.54 Å². The SMILES string of the molecule is COCCNC(=O)C1(Nc2ccn(C)n2)CCN(Cc2csc(C)n2)CC1.O=CO. The smallest absolute Gasteiger partial charge is 0.290 e. The summed E-state index contributed by atoms with van der Waals surface area (Å²) in [7, 11) is 3.50. The van der Waals surface area contributed by atoms with Crippen molar-refractivity contribution in [2.75, 3.05) is 38.7 Å². The molecule has 10 nitrogen and oxygen atoms in total. The summed E-state index contributed by atoms with van der Waals surface area (Å²) in [5.41, 5.74) is 0.448. The van der Waals surface area contributed by atoms with E-state index in [1.807, 2.05) is 26.2 Å². The molecule has 2 aromatic rings. The molecule has 1 amide bonds. The molecule has 0 atom stereocenters. The Kier molecular flexibility index (Phi) is 9.21. The Hall–Kier alpha value is -2.50. The Morgan fingerprint density at radius 3 is 2.67 bits per heavy atom. The fourth-order valence-corrected chi connectivity index (χ4v) is 3.98. The summed E-state index contributed by atoms with van der Waals surface area (Å²) in [6, 6.07) is 1.90. The van der Waals surface area contributed by atoms with Crippen LogP contribution in [0.1, 0.15) is 23.5 Å². The van der Waals surface area contributed by atoms with Gasteiger partial charge >= 0.3 is 0 Å². The highest BCUT2D eigenvalue weighted by atomic mass is 32.1. The molecule has 1 fully saturated rings. The number of nitrogens with zero attached hydrogens (tertiary/aromatic N) is 4. The molecule has 166 valence electrons. The second-order valence-corrected chi connectivity index (χ2v) is 8.13. The molecule has 1 aliphatic rings. The van der Waals surface area contributed by atoms with Crippen molar-refractivity contribution >= 4 is 29.5 Å². The first-order valence-corrected chi connectivity index (χ1v) is 10.6. The van der Waals surface area contributed by atoms with Crippen molar-refractivity contribution in [1.82, 2.24) is 25.0 Å². The number of hydrogen-bond acceptors (Lipinski definition) is 8. The number of ether oxygens (including phenoxy) is 1. The third-order valence-electron chi connectivity index (χ3n) is 4.87. The number of likely N-dealkylation sites (tertiary alicyclic amines) is 1. The molecular formula is C19H30N6O4S. The summed E-state index contributed by atoms with van der Waals surface area (Å²) in [4.78, 5) is 28.3. The average molecular weight is 439 g/mol. The summed E-state index contributed by atoms with van der Waals surface area (Å²) >= 11 is 1.68. The normalized spacial score (nSPS) is 15.7. The van der Waals surface area contributed by atoms with Crippen molar-refractivity contribution in [3.05, 3.63) is 28.3 Å². The summed E-state index contributed by atoms with van der Waals surface area (Å²) in [6.45, 7) is 5.26. The maximum absolute atomic E-state index is 13.0. The largest absolute Gasteiger partial charge is 0.483 e. The van der Waals surface area contributed by atoms with Crippen LogP contribution in [0.4, 0.5) is 5.82 Å². The molecule has 0 saturated carbocycles. The zero-order valence-electron chi connectivity index (χ0n) is 17.6. The molecule has 2 aromatic heterocycles. The summed E-state index contributed by atoms with van der Waals surface area (Å²) < 4.78 is 6.79. The van der Waals surface area contributed by atoms with Crippen LogP contribution < -0.4 is 10.6 Å². The number of carbonyl (C=O) groups is 2. The van der Waals surface area contributed by atoms with Crippen molar-refractivity contribution in [2.24, 2.45) is 7.05 Å². The van der Waals surface area contributed by atoms with E-state index in [1.165, 1.54) is 0 Å². The molecular weight excluding hydrogens is 408 g/mol. The number of anilines is 1. The van der Waals surface area contributed by atoms with Gasteiger partial charge in [-0.1, -0.05) is 0 Å². The van der Waals surface area contributed by atoms with Gasteiger partial charge in [0.1, 0.15) is 11.4 Å². The number of amides is 1. The summed E-state index contributed by atoms with van der Waals surface area (Å²) in [5, 5.41) is 20.9. The van der Waals surface area contributed by atoms with E-state index in [1.54, 1.807) is 23.1 Å². The van der Waals surface area contributed by atoms with Crippen LogP contribution >= 0.6 is 11.3 Å². The van der Waals surface area contributed by atoms with Gasteiger partial charge in [0.05, 0.1) is 17.3 Å². The first kappa shape index (κ1) is 23.8. The lowest BCUT2D eigenvalue weighted by Gasteiger charge is -2.41. The molecule has 3 N–H and O–H groups in total. The third-order valence-corrected chi connectivity index (χ3v) is 5.69. The second kappa shape index (κ2) is 11.6. The molecule has 0 bridgehead atoms. The number of carbonyl (C=O) groups excluding carboxylic acids is 1. The molecule has 3 heterocycles. The highest BCUT2D eigenvalue weighted by Gasteiger charge is 2.41. The maximum atomic E-state index is 13.0. The molecule has 1 saturated heterocycles. The number of thiazole rings is 1. The number of aryl methyl sites for hydroxylation is 2. The lowest BCUT2D eigenvalue weighted by molar-refractivity contribution is -0.127. The number of methoxy groups -OCH3 is 1. The minimum Gasteiger partial charge on any atom is -0.483 e. The van der Waals surface area contributed by atoms with Crippen LogP contribution in [0, 0.1) is 6.92 Å². The molecule has 0 aromatic carbocycles. The van der Waals surface area contributed by atoms with Crippen molar-refractivity contribution < 1.29 is 19.4 Å². The van der Waals surface area contributed by atoms with Gasteiger partial charge in [0, 0.05) is 58.0 Å². The highest BCUT2D eigenvalue weighted by Crippen LogP contribution is 2.28. The molecule has 0 spiro atoms. The minimum atomic E-state index is -0.656. The monoisotopic (exact) mass is 438 g/mol. The topological polar surface area (TPSA) is 122 Å². The fraction of sp³-hybridized carbons (Fsp3) is 0.579. The lowest BCUT2D eigenvalue weighted by Crippen LogP contribution is -2.58. The van der Waals surface area contributed by atoms with Crippen molar-refractivity contribution in [2.45, 2.75) is 31.8 Å². The Balaban J connectivity index is 0.00000101. The van der Waals surface area contributed by atoms with Crippen molar-refractivity contribution in [3.8, 4) is 0 Å². The molecule has 0 radical (unpaired) electrons. The number of piperidine rings is 1. The molecule has 30 heavy (non-hydrogen) atoms. The van der Waals surface area contributed by atoms with Crippen LogP contribution in [0.25, 0.3) is 0 Å².